The summed E-state index contributed by atoms with van der Waals surface area (Å²) in [6.45, 7) is 7.84. The molecule has 3 aromatic rings. The molecule has 1 amide bonds. The zero-order valence-electron chi connectivity index (χ0n) is 16.9. The van der Waals surface area contributed by atoms with Crippen LogP contribution in [0.3, 0.4) is 0 Å². The highest BCUT2D eigenvalue weighted by atomic mass is 32.2. The van der Waals surface area contributed by atoms with E-state index >= 15 is 0 Å². The minimum atomic E-state index is -3.63. The first-order valence-electron chi connectivity index (χ1n) is 9.29. The molecule has 0 unspecified atom stereocenters. The van der Waals surface area contributed by atoms with Crippen molar-refractivity contribution in [2.75, 3.05) is 13.1 Å². The van der Waals surface area contributed by atoms with Gasteiger partial charge in [-0.25, -0.2) is 13.1 Å². The van der Waals surface area contributed by atoms with E-state index in [1.165, 1.54) is 0 Å². The smallest absolute Gasteiger partial charge is 0.254 e. The summed E-state index contributed by atoms with van der Waals surface area (Å²) >= 11 is 1.56. The minimum Gasteiger partial charge on any atom is -0.351 e. The highest BCUT2D eigenvalue weighted by molar-refractivity contribution is 7.89. The minimum absolute atomic E-state index is 0.114. The van der Waals surface area contributed by atoms with E-state index in [-0.39, 0.29) is 23.9 Å². The number of aryl methyl sites for hydroxylation is 3. The van der Waals surface area contributed by atoms with Gasteiger partial charge in [-0.1, -0.05) is 12.1 Å². The number of amides is 1. The summed E-state index contributed by atoms with van der Waals surface area (Å²) in [5.41, 5.74) is 3.13. The first-order valence-corrected chi connectivity index (χ1v) is 11.6. The molecule has 0 saturated carbocycles. The van der Waals surface area contributed by atoms with Crippen LogP contribution in [0.25, 0.3) is 5.00 Å². The highest BCUT2D eigenvalue weighted by Crippen LogP contribution is 2.30. The van der Waals surface area contributed by atoms with Crippen LogP contribution in [0.1, 0.15) is 31.9 Å². The predicted molar refractivity (Wildman–Crippen MR) is 117 cm³/mol. The third-order valence-corrected chi connectivity index (χ3v) is 7.59. The topological polar surface area (TPSA) is 80.2 Å². The molecule has 6 nitrogen and oxygen atoms in total. The summed E-state index contributed by atoms with van der Waals surface area (Å²) in [6.07, 6.45) is 3.81. The summed E-state index contributed by atoms with van der Waals surface area (Å²) in [6, 6.07) is 9.14. The fraction of sp³-hybridized carbons (Fsp3) is 0.286. The van der Waals surface area contributed by atoms with E-state index in [0.717, 1.165) is 21.0 Å². The average Bonchev–Trinajstić information content (AvgIpc) is 3.29. The number of nitrogens with zero attached hydrogens (tertiary/aromatic N) is 1. The molecule has 0 radical (unpaired) electrons. The van der Waals surface area contributed by atoms with Crippen molar-refractivity contribution in [3.05, 3.63) is 69.9 Å². The highest BCUT2D eigenvalue weighted by Gasteiger charge is 2.21. The van der Waals surface area contributed by atoms with Crippen molar-refractivity contribution in [1.82, 2.24) is 14.6 Å². The van der Waals surface area contributed by atoms with E-state index in [1.54, 1.807) is 30.4 Å². The fourth-order valence-electron chi connectivity index (χ4n) is 3.05. The summed E-state index contributed by atoms with van der Waals surface area (Å²) in [5, 5.41) is 3.69. The van der Waals surface area contributed by atoms with Gasteiger partial charge in [-0.05, 0) is 62.6 Å². The van der Waals surface area contributed by atoms with E-state index in [4.69, 9.17) is 0 Å². The van der Waals surface area contributed by atoms with Crippen molar-refractivity contribution >= 4 is 27.3 Å². The van der Waals surface area contributed by atoms with Gasteiger partial charge < -0.3 is 9.88 Å². The number of sulfonamides is 1. The summed E-state index contributed by atoms with van der Waals surface area (Å²) in [5.74, 6) is -0.207. The maximum Gasteiger partial charge on any atom is 0.254 e. The lowest BCUT2D eigenvalue weighted by Gasteiger charge is -2.11. The Bertz CT molecular complexity index is 1130. The Morgan fingerprint density at radius 2 is 1.76 bits per heavy atom. The van der Waals surface area contributed by atoms with Crippen LogP contribution in [-0.2, 0) is 10.0 Å². The number of benzene rings is 1. The molecular formula is C21H25N3O3S2. The standard InChI is InChI=1S/C21H25N3O3S2/c1-14-7-8-15(2)18(13-14)29(26,27)23-10-9-22-20(25)19-16(3)17(4)28-21(19)24-11-5-6-12-24/h5-8,11-13,23H,9-10H2,1-4H3,(H,22,25). The van der Waals surface area contributed by atoms with Gasteiger partial charge in [0.2, 0.25) is 10.0 Å². The van der Waals surface area contributed by atoms with Crippen LogP contribution >= 0.6 is 11.3 Å². The Morgan fingerprint density at radius 1 is 1.07 bits per heavy atom. The Hall–Kier alpha value is -2.42. The zero-order chi connectivity index (χ0) is 21.2. The maximum atomic E-state index is 12.8. The Morgan fingerprint density at radius 3 is 2.45 bits per heavy atom. The van der Waals surface area contributed by atoms with Gasteiger partial charge in [0.05, 0.1) is 10.5 Å². The van der Waals surface area contributed by atoms with Crippen LogP contribution < -0.4 is 10.0 Å². The molecule has 0 aliphatic rings. The second-order valence-corrected chi connectivity index (χ2v) is 9.91. The lowest BCUT2D eigenvalue weighted by Crippen LogP contribution is -2.35. The Kier molecular flexibility index (Phi) is 6.26. The maximum absolute atomic E-state index is 12.8. The number of thiophene rings is 1. The molecule has 2 heterocycles. The monoisotopic (exact) mass is 431 g/mol. The largest absolute Gasteiger partial charge is 0.351 e. The molecule has 0 fully saturated rings. The van der Waals surface area contributed by atoms with Gasteiger partial charge in [0, 0.05) is 30.4 Å². The van der Waals surface area contributed by atoms with Gasteiger partial charge in [-0.15, -0.1) is 11.3 Å². The van der Waals surface area contributed by atoms with Crippen molar-refractivity contribution < 1.29 is 13.2 Å². The van der Waals surface area contributed by atoms with Crippen LogP contribution in [0.5, 0.6) is 0 Å². The van der Waals surface area contributed by atoms with Crippen molar-refractivity contribution in [2.24, 2.45) is 0 Å². The van der Waals surface area contributed by atoms with Crippen LogP contribution in [0, 0.1) is 27.7 Å². The summed E-state index contributed by atoms with van der Waals surface area (Å²) in [7, 11) is -3.63. The molecule has 29 heavy (non-hydrogen) atoms. The van der Waals surface area contributed by atoms with Crippen LogP contribution in [0.15, 0.2) is 47.6 Å². The number of carbonyl (C=O) groups is 1. The second-order valence-electron chi connectivity index (χ2n) is 6.98. The van der Waals surface area contributed by atoms with E-state index in [1.807, 2.05) is 55.9 Å². The van der Waals surface area contributed by atoms with Crippen LogP contribution in [0.4, 0.5) is 0 Å². The van der Waals surface area contributed by atoms with Gasteiger partial charge in [0.15, 0.2) is 0 Å². The SMILES string of the molecule is Cc1ccc(C)c(S(=O)(=O)NCCNC(=O)c2c(-n3cccc3)sc(C)c2C)c1. The zero-order valence-corrected chi connectivity index (χ0v) is 18.6. The molecule has 154 valence electrons. The molecule has 0 atom stereocenters. The van der Waals surface area contributed by atoms with Gasteiger partial charge in [-0.2, -0.15) is 0 Å². The molecule has 0 aliphatic heterocycles. The summed E-state index contributed by atoms with van der Waals surface area (Å²) < 4.78 is 29.6. The summed E-state index contributed by atoms with van der Waals surface area (Å²) in [4.78, 5) is 14.1. The van der Waals surface area contributed by atoms with Gasteiger partial charge in [0.1, 0.15) is 5.00 Å². The van der Waals surface area contributed by atoms with Crippen molar-refractivity contribution in [3.8, 4) is 5.00 Å². The molecule has 8 heteroatoms. The van der Waals surface area contributed by atoms with Crippen molar-refractivity contribution in [1.29, 1.82) is 0 Å². The molecule has 0 spiro atoms. The first kappa shape index (κ1) is 21.3. The molecular weight excluding hydrogens is 406 g/mol. The molecule has 2 N–H and O–H groups in total. The number of aromatic nitrogens is 1. The molecule has 2 aromatic heterocycles. The molecule has 0 bridgehead atoms. The normalized spacial score (nSPS) is 11.6. The first-order chi connectivity index (χ1) is 13.7. The number of hydrogen-bond donors (Lipinski definition) is 2. The quantitative estimate of drug-likeness (QED) is 0.562. The Labute approximate surface area is 175 Å². The van der Waals surface area contributed by atoms with E-state index in [0.29, 0.717) is 11.1 Å². The van der Waals surface area contributed by atoms with E-state index in [2.05, 4.69) is 10.0 Å². The Balaban J connectivity index is 1.66. The van der Waals surface area contributed by atoms with Crippen LogP contribution in [0.2, 0.25) is 0 Å². The van der Waals surface area contributed by atoms with Gasteiger partial charge in [-0.3, -0.25) is 4.79 Å². The number of hydrogen-bond acceptors (Lipinski definition) is 4. The van der Waals surface area contributed by atoms with E-state index in [9.17, 15) is 13.2 Å². The van der Waals surface area contributed by atoms with E-state index < -0.39 is 10.0 Å². The van der Waals surface area contributed by atoms with Crippen molar-refractivity contribution in [3.63, 3.8) is 0 Å². The van der Waals surface area contributed by atoms with Crippen molar-refractivity contribution in [2.45, 2.75) is 32.6 Å². The fourth-order valence-corrected chi connectivity index (χ4v) is 5.53. The molecule has 0 saturated heterocycles. The lowest BCUT2D eigenvalue weighted by atomic mass is 10.1. The predicted octanol–water partition coefficient (Wildman–Crippen LogP) is 3.48. The molecule has 3 rings (SSSR count). The van der Waals surface area contributed by atoms with Crippen LogP contribution in [-0.4, -0.2) is 32.0 Å². The molecule has 0 aliphatic carbocycles. The number of carbonyl (C=O) groups excluding carboxylic acids is 1. The number of nitrogens with one attached hydrogen (secondary N) is 2. The third kappa shape index (κ3) is 4.60. The number of rotatable bonds is 7. The lowest BCUT2D eigenvalue weighted by molar-refractivity contribution is 0.0954. The average molecular weight is 432 g/mol. The van der Waals surface area contributed by atoms with Gasteiger partial charge >= 0.3 is 0 Å². The van der Waals surface area contributed by atoms with Gasteiger partial charge in [0.25, 0.3) is 5.91 Å². The third-order valence-electron chi connectivity index (χ3n) is 4.77. The molecule has 1 aromatic carbocycles. The second kappa shape index (κ2) is 8.52.